The summed E-state index contributed by atoms with van der Waals surface area (Å²) in [6.07, 6.45) is 6.41. The molecule has 1 saturated heterocycles. The van der Waals surface area contributed by atoms with Crippen molar-refractivity contribution in [2.45, 2.75) is 25.3 Å². The maximum atomic E-state index is 11.4. The van der Waals surface area contributed by atoms with E-state index in [4.69, 9.17) is 0 Å². The molecule has 2 rings (SSSR count). The summed E-state index contributed by atoms with van der Waals surface area (Å²) in [4.78, 5) is 18.0. The minimum atomic E-state index is -0.144. The molecule has 0 radical (unpaired) electrons. The van der Waals surface area contributed by atoms with Crippen LogP contribution in [0.25, 0.3) is 0 Å². The van der Waals surface area contributed by atoms with Crippen LogP contribution >= 0.6 is 0 Å². The van der Waals surface area contributed by atoms with Crippen LogP contribution < -0.4 is 16.2 Å². The quantitative estimate of drug-likeness (QED) is 0.655. The van der Waals surface area contributed by atoms with E-state index in [2.05, 4.69) is 20.6 Å². The lowest BCUT2D eigenvalue weighted by Gasteiger charge is -2.15. The van der Waals surface area contributed by atoms with Crippen molar-refractivity contribution in [1.29, 1.82) is 0 Å². The van der Waals surface area contributed by atoms with Gasteiger partial charge in [0.15, 0.2) is 5.82 Å². The fourth-order valence-electron chi connectivity index (χ4n) is 1.81. The van der Waals surface area contributed by atoms with Crippen LogP contribution in [-0.4, -0.2) is 29.1 Å². The van der Waals surface area contributed by atoms with Crippen LogP contribution in [0.4, 0.5) is 5.82 Å². The number of hydrogen-bond donors (Lipinski definition) is 3. The second kappa shape index (κ2) is 4.93. The third kappa shape index (κ3) is 2.79. The normalized spacial score (nSPS) is 22.0. The summed E-state index contributed by atoms with van der Waals surface area (Å²) in [5.74, 6) is 0.435. The number of anilines is 1. The summed E-state index contributed by atoms with van der Waals surface area (Å²) in [6, 6.07) is 0.357. The summed E-state index contributed by atoms with van der Waals surface area (Å²) in [5, 5.41) is 6.53. The van der Waals surface area contributed by atoms with E-state index in [0.29, 0.717) is 11.9 Å². The van der Waals surface area contributed by atoms with Gasteiger partial charge in [-0.3, -0.25) is 4.79 Å². The van der Waals surface area contributed by atoms with E-state index in [-0.39, 0.29) is 5.56 Å². The van der Waals surface area contributed by atoms with E-state index < -0.39 is 0 Å². The molecule has 1 aliphatic heterocycles. The molecular formula is C10H16N4O. The molecule has 5 nitrogen and oxygen atoms in total. The van der Waals surface area contributed by atoms with Gasteiger partial charge in [-0.25, -0.2) is 4.98 Å². The van der Waals surface area contributed by atoms with Gasteiger partial charge in [-0.1, -0.05) is 0 Å². The summed E-state index contributed by atoms with van der Waals surface area (Å²) in [7, 11) is 0. The molecule has 0 bridgehead atoms. The van der Waals surface area contributed by atoms with Crippen LogP contribution in [0.3, 0.4) is 0 Å². The zero-order valence-electron chi connectivity index (χ0n) is 8.62. The molecule has 2 heterocycles. The molecule has 1 aliphatic rings. The number of nitrogens with zero attached hydrogens (tertiary/aromatic N) is 1. The molecule has 0 aromatic carbocycles. The van der Waals surface area contributed by atoms with Crippen molar-refractivity contribution in [3.63, 3.8) is 0 Å². The minimum absolute atomic E-state index is 0.144. The lowest BCUT2D eigenvalue weighted by molar-refractivity contribution is 0.633. The molecule has 1 aromatic rings. The third-order valence-corrected chi connectivity index (χ3v) is 2.62. The molecule has 1 fully saturated rings. The highest BCUT2D eigenvalue weighted by atomic mass is 16.1. The van der Waals surface area contributed by atoms with Crippen molar-refractivity contribution in [2.24, 2.45) is 0 Å². The Balaban J connectivity index is 2.01. The molecule has 0 aliphatic carbocycles. The highest BCUT2D eigenvalue weighted by Gasteiger charge is 2.12. The smallest absolute Gasteiger partial charge is 0.290 e. The Kier molecular flexibility index (Phi) is 3.34. The molecule has 1 aromatic heterocycles. The van der Waals surface area contributed by atoms with Crippen LogP contribution in [-0.2, 0) is 0 Å². The number of nitrogens with one attached hydrogen (secondary N) is 3. The standard InChI is InChI=1S/C10H16N4O/c15-10-9(12-6-7-13-10)14-8-2-1-4-11-5-3-8/h6-8,11H,1-5H2,(H,12,14)(H,13,15). The Hall–Kier alpha value is -1.36. The van der Waals surface area contributed by atoms with Gasteiger partial charge >= 0.3 is 0 Å². The molecule has 5 heteroatoms. The van der Waals surface area contributed by atoms with Gasteiger partial charge in [0.25, 0.3) is 5.56 Å². The summed E-state index contributed by atoms with van der Waals surface area (Å²) >= 11 is 0. The van der Waals surface area contributed by atoms with Crippen LogP contribution in [0.5, 0.6) is 0 Å². The lowest BCUT2D eigenvalue weighted by Crippen LogP contribution is -2.26. The van der Waals surface area contributed by atoms with Gasteiger partial charge in [-0.2, -0.15) is 0 Å². The Morgan fingerprint density at radius 1 is 1.40 bits per heavy atom. The Bertz CT molecular complexity index is 354. The van der Waals surface area contributed by atoms with Gasteiger partial charge in [0, 0.05) is 18.4 Å². The minimum Gasteiger partial charge on any atom is -0.363 e. The molecular weight excluding hydrogens is 192 g/mol. The van der Waals surface area contributed by atoms with Gasteiger partial charge in [0.05, 0.1) is 0 Å². The zero-order chi connectivity index (χ0) is 10.5. The maximum absolute atomic E-state index is 11.4. The van der Waals surface area contributed by atoms with E-state index in [1.54, 1.807) is 12.4 Å². The van der Waals surface area contributed by atoms with E-state index in [9.17, 15) is 4.79 Å². The molecule has 1 unspecified atom stereocenters. The fraction of sp³-hybridized carbons (Fsp3) is 0.600. The highest BCUT2D eigenvalue weighted by Crippen LogP contribution is 2.08. The van der Waals surface area contributed by atoms with E-state index in [1.165, 1.54) is 0 Å². The zero-order valence-corrected chi connectivity index (χ0v) is 8.62. The van der Waals surface area contributed by atoms with Crippen molar-refractivity contribution in [3.8, 4) is 0 Å². The summed E-state index contributed by atoms with van der Waals surface area (Å²) in [5.41, 5.74) is -0.144. The molecule has 1 atom stereocenters. The van der Waals surface area contributed by atoms with Crippen molar-refractivity contribution in [2.75, 3.05) is 18.4 Å². The van der Waals surface area contributed by atoms with E-state index >= 15 is 0 Å². The number of rotatable bonds is 2. The molecule has 0 saturated carbocycles. The highest BCUT2D eigenvalue weighted by molar-refractivity contribution is 5.31. The summed E-state index contributed by atoms with van der Waals surface area (Å²) in [6.45, 7) is 2.07. The SMILES string of the molecule is O=c1[nH]ccnc1NC1CCCNCC1. The van der Waals surface area contributed by atoms with Gasteiger partial charge in [-0.15, -0.1) is 0 Å². The van der Waals surface area contributed by atoms with Crippen molar-refractivity contribution >= 4 is 5.82 Å². The lowest BCUT2D eigenvalue weighted by atomic mass is 10.1. The second-order valence-corrected chi connectivity index (χ2v) is 3.79. The monoisotopic (exact) mass is 208 g/mol. The molecule has 82 valence electrons. The molecule has 3 N–H and O–H groups in total. The van der Waals surface area contributed by atoms with Crippen LogP contribution in [0, 0.1) is 0 Å². The third-order valence-electron chi connectivity index (χ3n) is 2.62. The van der Waals surface area contributed by atoms with E-state index in [1.807, 2.05) is 0 Å². The second-order valence-electron chi connectivity index (χ2n) is 3.79. The molecule has 0 amide bonds. The van der Waals surface area contributed by atoms with Crippen molar-refractivity contribution < 1.29 is 0 Å². The van der Waals surface area contributed by atoms with Crippen LogP contribution in [0.2, 0.25) is 0 Å². The van der Waals surface area contributed by atoms with Gasteiger partial charge < -0.3 is 15.6 Å². The molecule has 15 heavy (non-hydrogen) atoms. The first-order valence-electron chi connectivity index (χ1n) is 5.37. The van der Waals surface area contributed by atoms with Crippen molar-refractivity contribution in [1.82, 2.24) is 15.3 Å². The first-order chi connectivity index (χ1) is 7.36. The van der Waals surface area contributed by atoms with E-state index in [0.717, 1.165) is 32.4 Å². The number of hydrogen-bond acceptors (Lipinski definition) is 4. The average molecular weight is 208 g/mol. The maximum Gasteiger partial charge on any atom is 0.290 e. The van der Waals surface area contributed by atoms with Crippen molar-refractivity contribution in [3.05, 3.63) is 22.7 Å². The Labute approximate surface area is 88.3 Å². The average Bonchev–Trinajstić information content (AvgIpc) is 2.50. The molecule has 0 spiro atoms. The fourth-order valence-corrected chi connectivity index (χ4v) is 1.81. The Morgan fingerprint density at radius 3 is 3.20 bits per heavy atom. The first-order valence-corrected chi connectivity index (χ1v) is 5.37. The topological polar surface area (TPSA) is 69.8 Å². The number of aromatic amines is 1. The number of H-pyrrole nitrogens is 1. The van der Waals surface area contributed by atoms with Crippen LogP contribution in [0.1, 0.15) is 19.3 Å². The van der Waals surface area contributed by atoms with Gasteiger partial charge in [-0.05, 0) is 32.4 Å². The largest absolute Gasteiger partial charge is 0.363 e. The van der Waals surface area contributed by atoms with Gasteiger partial charge in [0.2, 0.25) is 0 Å². The predicted molar refractivity (Wildman–Crippen MR) is 59.0 cm³/mol. The van der Waals surface area contributed by atoms with Crippen LogP contribution in [0.15, 0.2) is 17.2 Å². The Morgan fingerprint density at radius 2 is 2.33 bits per heavy atom. The van der Waals surface area contributed by atoms with Gasteiger partial charge in [0.1, 0.15) is 0 Å². The first kappa shape index (κ1) is 10.2. The number of aromatic nitrogens is 2. The predicted octanol–water partition coefficient (Wildman–Crippen LogP) is 0.324. The summed E-state index contributed by atoms with van der Waals surface area (Å²) < 4.78 is 0.